The van der Waals surface area contributed by atoms with Crippen molar-refractivity contribution >= 4 is 0 Å². The average molecular weight is 234 g/mol. The molecular weight excluding hydrogens is 208 g/mol. The summed E-state index contributed by atoms with van der Waals surface area (Å²) in [6.45, 7) is 12.2. The van der Waals surface area contributed by atoms with Crippen LogP contribution in [0.15, 0.2) is 30.3 Å². The molecule has 0 saturated heterocycles. The molecule has 0 radical (unpaired) electrons. The summed E-state index contributed by atoms with van der Waals surface area (Å²) in [6, 6.07) is 11.7. The van der Waals surface area contributed by atoms with Gasteiger partial charge in [0.1, 0.15) is 0 Å². The van der Waals surface area contributed by atoms with Crippen molar-refractivity contribution in [3.63, 3.8) is 0 Å². The highest BCUT2D eigenvalue weighted by atomic mass is 15.2. The van der Waals surface area contributed by atoms with Crippen molar-refractivity contribution in [1.29, 1.82) is 0 Å². The second kappa shape index (κ2) is 7.46. The lowest BCUT2D eigenvalue weighted by Gasteiger charge is -2.34. The van der Waals surface area contributed by atoms with Crippen molar-refractivity contribution in [3.8, 4) is 0 Å². The molecule has 0 fully saturated rings. The van der Waals surface area contributed by atoms with Gasteiger partial charge in [0.05, 0.1) is 0 Å². The number of nitrogens with zero attached hydrogens (tertiary/aromatic N) is 1. The zero-order valence-electron chi connectivity index (χ0n) is 11.6. The highest BCUT2D eigenvalue weighted by Crippen LogP contribution is 2.20. The minimum atomic E-state index is 0.418. The Morgan fingerprint density at radius 1 is 1.06 bits per heavy atom. The van der Waals surface area contributed by atoms with Crippen molar-refractivity contribution in [3.05, 3.63) is 35.9 Å². The van der Waals surface area contributed by atoms with E-state index in [-0.39, 0.29) is 0 Å². The van der Waals surface area contributed by atoms with Gasteiger partial charge in [0.2, 0.25) is 0 Å². The zero-order chi connectivity index (χ0) is 12.7. The van der Waals surface area contributed by atoms with Crippen LogP contribution in [0.1, 0.15) is 39.3 Å². The fourth-order valence-electron chi connectivity index (χ4n) is 2.46. The molecule has 0 heterocycles. The van der Waals surface area contributed by atoms with Crippen LogP contribution >= 0.6 is 0 Å². The predicted molar refractivity (Wildman–Crippen MR) is 75.2 cm³/mol. The SMILES string of the molecule is CCNC(c1ccccc1)C(C)N(CC)CC. The molecule has 1 aromatic rings. The van der Waals surface area contributed by atoms with E-state index in [1.54, 1.807) is 0 Å². The monoisotopic (exact) mass is 234 g/mol. The summed E-state index contributed by atoms with van der Waals surface area (Å²) in [5.74, 6) is 0. The largest absolute Gasteiger partial charge is 0.309 e. The zero-order valence-corrected chi connectivity index (χ0v) is 11.6. The van der Waals surface area contributed by atoms with E-state index in [2.05, 4.69) is 68.2 Å². The third-order valence-corrected chi connectivity index (χ3v) is 3.45. The number of hydrogen-bond donors (Lipinski definition) is 1. The van der Waals surface area contributed by atoms with Crippen molar-refractivity contribution in [2.45, 2.75) is 39.8 Å². The first-order chi connectivity index (χ1) is 8.24. The lowest BCUT2D eigenvalue weighted by atomic mass is 9.99. The molecule has 2 heteroatoms. The highest BCUT2D eigenvalue weighted by Gasteiger charge is 2.22. The molecule has 2 atom stereocenters. The minimum Gasteiger partial charge on any atom is -0.309 e. The number of rotatable bonds is 7. The maximum atomic E-state index is 3.61. The van der Waals surface area contributed by atoms with E-state index in [1.807, 2.05) is 0 Å². The molecule has 2 nitrogen and oxygen atoms in total. The Morgan fingerprint density at radius 3 is 2.12 bits per heavy atom. The van der Waals surface area contributed by atoms with Gasteiger partial charge in [0.25, 0.3) is 0 Å². The first-order valence-corrected chi connectivity index (χ1v) is 6.76. The Morgan fingerprint density at radius 2 is 1.65 bits per heavy atom. The first-order valence-electron chi connectivity index (χ1n) is 6.76. The van der Waals surface area contributed by atoms with E-state index in [9.17, 15) is 0 Å². The van der Waals surface area contributed by atoms with Crippen molar-refractivity contribution in [2.24, 2.45) is 0 Å². The van der Waals surface area contributed by atoms with Crippen LogP contribution < -0.4 is 5.32 Å². The van der Waals surface area contributed by atoms with E-state index >= 15 is 0 Å². The second-order valence-corrected chi connectivity index (χ2v) is 4.41. The van der Waals surface area contributed by atoms with Gasteiger partial charge in [-0.25, -0.2) is 0 Å². The van der Waals surface area contributed by atoms with Gasteiger partial charge in [-0.2, -0.15) is 0 Å². The molecule has 0 bridgehead atoms. The Bertz CT molecular complexity index is 293. The summed E-state index contributed by atoms with van der Waals surface area (Å²) in [5, 5.41) is 3.61. The lowest BCUT2D eigenvalue weighted by molar-refractivity contribution is 0.187. The summed E-state index contributed by atoms with van der Waals surface area (Å²) >= 11 is 0. The molecule has 0 aliphatic heterocycles. The third-order valence-electron chi connectivity index (χ3n) is 3.45. The van der Waals surface area contributed by atoms with Crippen LogP contribution in [0.25, 0.3) is 0 Å². The molecule has 17 heavy (non-hydrogen) atoms. The van der Waals surface area contributed by atoms with Crippen LogP contribution in [0.2, 0.25) is 0 Å². The molecule has 0 spiro atoms. The molecule has 0 aromatic heterocycles. The third kappa shape index (κ3) is 3.83. The van der Waals surface area contributed by atoms with Gasteiger partial charge in [-0.05, 0) is 32.1 Å². The van der Waals surface area contributed by atoms with Gasteiger partial charge >= 0.3 is 0 Å². The first kappa shape index (κ1) is 14.2. The van der Waals surface area contributed by atoms with Gasteiger partial charge in [-0.3, -0.25) is 4.90 Å². The fraction of sp³-hybridized carbons (Fsp3) is 0.600. The van der Waals surface area contributed by atoms with Gasteiger partial charge in [0, 0.05) is 12.1 Å². The van der Waals surface area contributed by atoms with Crippen LogP contribution in [-0.2, 0) is 0 Å². The van der Waals surface area contributed by atoms with Crippen LogP contribution in [0.5, 0.6) is 0 Å². The highest BCUT2D eigenvalue weighted by molar-refractivity contribution is 5.20. The number of benzene rings is 1. The molecule has 1 aromatic carbocycles. The van der Waals surface area contributed by atoms with Crippen LogP contribution in [0.4, 0.5) is 0 Å². The van der Waals surface area contributed by atoms with E-state index in [0.29, 0.717) is 12.1 Å². The summed E-state index contributed by atoms with van der Waals surface area (Å²) in [7, 11) is 0. The summed E-state index contributed by atoms with van der Waals surface area (Å²) in [5.41, 5.74) is 1.38. The van der Waals surface area contributed by atoms with Crippen LogP contribution in [0, 0.1) is 0 Å². The topological polar surface area (TPSA) is 15.3 Å². The smallest absolute Gasteiger partial charge is 0.0475 e. The number of nitrogens with one attached hydrogen (secondary N) is 1. The molecule has 0 amide bonds. The van der Waals surface area contributed by atoms with Gasteiger partial charge in [0.15, 0.2) is 0 Å². The summed E-state index contributed by atoms with van der Waals surface area (Å²) < 4.78 is 0. The second-order valence-electron chi connectivity index (χ2n) is 4.41. The summed E-state index contributed by atoms with van der Waals surface area (Å²) in [6.07, 6.45) is 0. The molecular formula is C15H26N2. The van der Waals surface area contributed by atoms with Crippen LogP contribution in [-0.4, -0.2) is 30.6 Å². The van der Waals surface area contributed by atoms with Crippen molar-refractivity contribution in [2.75, 3.05) is 19.6 Å². The maximum Gasteiger partial charge on any atom is 0.0475 e. The molecule has 0 aliphatic rings. The van der Waals surface area contributed by atoms with E-state index in [4.69, 9.17) is 0 Å². The summed E-state index contributed by atoms with van der Waals surface area (Å²) in [4.78, 5) is 2.50. The lowest BCUT2D eigenvalue weighted by Crippen LogP contribution is -2.42. The van der Waals surface area contributed by atoms with Gasteiger partial charge < -0.3 is 5.32 Å². The number of hydrogen-bond acceptors (Lipinski definition) is 2. The Balaban J connectivity index is 2.85. The Hall–Kier alpha value is -0.860. The van der Waals surface area contributed by atoms with Gasteiger partial charge in [-0.15, -0.1) is 0 Å². The van der Waals surface area contributed by atoms with E-state index < -0.39 is 0 Å². The maximum absolute atomic E-state index is 3.61. The molecule has 1 rings (SSSR count). The average Bonchev–Trinajstić information content (AvgIpc) is 2.38. The van der Waals surface area contributed by atoms with Crippen molar-refractivity contribution < 1.29 is 0 Å². The van der Waals surface area contributed by atoms with E-state index in [1.165, 1.54) is 5.56 Å². The number of likely N-dealkylation sites (N-methyl/N-ethyl adjacent to an activating group) is 2. The van der Waals surface area contributed by atoms with Gasteiger partial charge in [-0.1, -0.05) is 51.1 Å². The van der Waals surface area contributed by atoms with Crippen LogP contribution in [0.3, 0.4) is 0 Å². The molecule has 1 N–H and O–H groups in total. The minimum absolute atomic E-state index is 0.418. The van der Waals surface area contributed by atoms with E-state index in [0.717, 1.165) is 19.6 Å². The van der Waals surface area contributed by atoms with Crippen molar-refractivity contribution in [1.82, 2.24) is 10.2 Å². The molecule has 96 valence electrons. The Kier molecular flexibility index (Phi) is 6.23. The molecule has 2 unspecified atom stereocenters. The quantitative estimate of drug-likeness (QED) is 0.780. The molecule has 0 aliphatic carbocycles. The standard InChI is InChI=1S/C15H26N2/c1-5-16-15(13(4)17(6-2)7-3)14-11-9-8-10-12-14/h8-13,15-16H,5-7H2,1-4H3. The predicted octanol–water partition coefficient (Wildman–Crippen LogP) is 3.07. The normalized spacial score (nSPS) is 14.9. The Labute approximate surface area is 106 Å². The molecule has 0 saturated carbocycles. The fourth-order valence-corrected chi connectivity index (χ4v) is 2.46.